The zero-order valence-corrected chi connectivity index (χ0v) is 14.2. The van der Waals surface area contributed by atoms with E-state index < -0.39 is 5.41 Å². The van der Waals surface area contributed by atoms with Crippen LogP contribution < -0.4 is 4.74 Å². The van der Waals surface area contributed by atoms with Crippen molar-refractivity contribution in [2.45, 2.75) is 38.3 Å². The molecule has 0 amide bonds. The van der Waals surface area contributed by atoms with Crippen LogP contribution in [0.4, 0.5) is 0 Å². The molecule has 2 aliphatic heterocycles. The highest BCUT2D eigenvalue weighted by Crippen LogP contribution is 2.52. The van der Waals surface area contributed by atoms with Gasteiger partial charge in [-0.2, -0.15) is 0 Å². The van der Waals surface area contributed by atoms with E-state index in [4.69, 9.17) is 9.47 Å². The molecule has 5 nitrogen and oxygen atoms in total. The first-order chi connectivity index (χ1) is 11.6. The Hall–Kier alpha value is -2.01. The van der Waals surface area contributed by atoms with Gasteiger partial charge in [-0.25, -0.2) is 0 Å². The molecule has 1 aromatic rings. The third kappa shape index (κ3) is 2.00. The highest BCUT2D eigenvalue weighted by Gasteiger charge is 2.57. The van der Waals surface area contributed by atoms with Crippen molar-refractivity contribution in [1.82, 2.24) is 4.90 Å². The lowest BCUT2D eigenvalue weighted by atomic mass is 9.68. The average molecular weight is 329 g/mol. The van der Waals surface area contributed by atoms with Crippen LogP contribution in [0.25, 0.3) is 0 Å². The average Bonchev–Trinajstić information content (AvgIpc) is 2.92. The molecule has 5 heteroatoms. The Kier molecular flexibility index (Phi) is 3.57. The molecule has 1 aromatic carbocycles. The van der Waals surface area contributed by atoms with E-state index in [-0.39, 0.29) is 17.8 Å². The molecule has 0 bridgehead atoms. The van der Waals surface area contributed by atoms with Gasteiger partial charge in [0.15, 0.2) is 11.5 Å². The smallest absolute Gasteiger partial charge is 0.317 e. The molecule has 1 aliphatic carbocycles. The fourth-order valence-electron chi connectivity index (χ4n) is 4.83. The molecular weight excluding hydrogens is 306 g/mol. The summed E-state index contributed by atoms with van der Waals surface area (Å²) < 4.78 is 10.5. The molecule has 24 heavy (non-hydrogen) atoms. The van der Waals surface area contributed by atoms with Gasteiger partial charge in [-0.05, 0) is 54.5 Å². The quantitative estimate of drug-likeness (QED) is 0.667. The lowest BCUT2D eigenvalue weighted by Crippen LogP contribution is -2.49. The minimum Gasteiger partial charge on any atom is -0.504 e. The summed E-state index contributed by atoms with van der Waals surface area (Å²) in [6.07, 6.45) is 5.93. The van der Waals surface area contributed by atoms with Gasteiger partial charge < -0.3 is 14.6 Å². The van der Waals surface area contributed by atoms with Crippen LogP contribution in [0.3, 0.4) is 0 Å². The molecular formula is C19H23NO4. The maximum atomic E-state index is 12.8. The lowest BCUT2D eigenvalue weighted by molar-refractivity contribution is -0.153. The van der Waals surface area contributed by atoms with Crippen LogP contribution in [-0.2, 0) is 22.5 Å². The molecule has 3 aliphatic rings. The van der Waals surface area contributed by atoms with Gasteiger partial charge in [-0.15, -0.1) is 0 Å². The Balaban J connectivity index is 1.78. The number of rotatable bonds is 2. The number of fused-ring (bicyclic) bond motifs is 4. The number of aromatic hydroxyl groups is 1. The van der Waals surface area contributed by atoms with Crippen LogP contribution in [0, 0.1) is 5.41 Å². The summed E-state index contributed by atoms with van der Waals surface area (Å²) in [6.45, 7) is 1.56. The number of hydrogen-bond acceptors (Lipinski definition) is 5. The minimum absolute atomic E-state index is 0.102. The van der Waals surface area contributed by atoms with Gasteiger partial charge in [0, 0.05) is 19.1 Å². The number of phenolic OH excluding ortho intramolecular Hbond substituents is 1. The van der Waals surface area contributed by atoms with Crippen molar-refractivity contribution in [3.63, 3.8) is 0 Å². The fourth-order valence-corrected chi connectivity index (χ4v) is 4.83. The second-order valence-corrected chi connectivity index (χ2v) is 7.00. The van der Waals surface area contributed by atoms with E-state index in [1.165, 1.54) is 12.7 Å². The van der Waals surface area contributed by atoms with Gasteiger partial charge in [0.1, 0.15) is 5.41 Å². The number of benzene rings is 1. The van der Waals surface area contributed by atoms with Crippen molar-refractivity contribution in [2.75, 3.05) is 20.8 Å². The van der Waals surface area contributed by atoms with Gasteiger partial charge in [0.25, 0.3) is 0 Å². The number of ether oxygens (including phenoxy) is 2. The normalized spacial score (nSPS) is 28.4. The molecule has 0 unspecified atom stereocenters. The van der Waals surface area contributed by atoms with Gasteiger partial charge in [0.2, 0.25) is 0 Å². The Bertz CT molecular complexity index is 726. The molecule has 1 saturated heterocycles. The number of hydrogen-bond donors (Lipinski definition) is 1. The van der Waals surface area contributed by atoms with Gasteiger partial charge in [0.05, 0.1) is 14.2 Å². The maximum absolute atomic E-state index is 12.8. The van der Waals surface area contributed by atoms with Crippen molar-refractivity contribution in [1.29, 1.82) is 0 Å². The van der Waals surface area contributed by atoms with Crippen molar-refractivity contribution in [3.05, 3.63) is 34.9 Å². The molecule has 0 aromatic heterocycles. The number of esters is 1. The molecule has 1 fully saturated rings. The molecule has 1 N–H and O–H groups in total. The molecule has 0 spiro atoms. The van der Waals surface area contributed by atoms with Crippen LogP contribution in [0.1, 0.15) is 30.4 Å². The predicted octanol–water partition coefficient (Wildman–Crippen LogP) is 2.41. The first kappa shape index (κ1) is 15.5. The van der Waals surface area contributed by atoms with Crippen LogP contribution in [0.2, 0.25) is 0 Å². The first-order valence-electron chi connectivity index (χ1n) is 8.51. The second kappa shape index (κ2) is 5.52. The fraction of sp³-hybridized carbons (Fsp3) is 0.526. The summed E-state index contributed by atoms with van der Waals surface area (Å²) in [5.74, 6) is 0.565. The SMILES string of the molecule is COC(=O)[C@@]12CCCC=C1CN1Cc3cc(O)c(OC)cc3C[C@H]12. The van der Waals surface area contributed by atoms with E-state index in [9.17, 15) is 9.90 Å². The minimum atomic E-state index is -0.504. The summed E-state index contributed by atoms with van der Waals surface area (Å²) in [7, 11) is 3.05. The highest BCUT2D eigenvalue weighted by atomic mass is 16.5. The number of methoxy groups -OCH3 is 2. The molecule has 2 heterocycles. The van der Waals surface area contributed by atoms with E-state index in [1.807, 2.05) is 6.07 Å². The lowest BCUT2D eigenvalue weighted by Gasteiger charge is -2.40. The Morgan fingerprint density at radius 1 is 1.29 bits per heavy atom. The number of nitrogens with zero attached hydrogens (tertiary/aromatic N) is 1. The highest BCUT2D eigenvalue weighted by molar-refractivity contribution is 5.83. The second-order valence-electron chi connectivity index (χ2n) is 7.00. The van der Waals surface area contributed by atoms with Gasteiger partial charge in [-0.1, -0.05) is 6.08 Å². The number of phenols is 1. The first-order valence-corrected chi connectivity index (χ1v) is 8.51. The van der Waals surface area contributed by atoms with Gasteiger partial charge >= 0.3 is 5.97 Å². The summed E-state index contributed by atoms with van der Waals surface area (Å²) in [4.78, 5) is 15.1. The molecule has 4 rings (SSSR count). The van der Waals surface area contributed by atoms with E-state index in [0.29, 0.717) is 5.75 Å². The Labute approximate surface area is 141 Å². The van der Waals surface area contributed by atoms with E-state index in [1.54, 1.807) is 13.2 Å². The number of allylic oxidation sites excluding steroid dienone is 1. The van der Waals surface area contributed by atoms with Crippen LogP contribution >= 0.6 is 0 Å². The zero-order chi connectivity index (χ0) is 16.9. The summed E-state index contributed by atoms with van der Waals surface area (Å²) in [6, 6.07) is 3.83. The Morgan fingerprint density at radius 3 is 2.88 bits per heavy atom. The molecule has 2 atom stereocenters. The van der Waals surface area contributed by atoms with Crippen molar-refractivity contribution in [2.24, 2.45) is 5.41 Å². The number of carbonyl (C=O) groups excluding carboxylic acids is 1. The van der Waals surface area contributed by atoms with Crippen LogP contribution in [0.5, 0.6) is 11.5 Å². The maximum Gasteiger partial charge on any atom is 0.317 e. The molecule has 0 radical (unpaired) electrons. The Morgan fingerprint density at radius 2 is 2.12 bits per heavy atom. The summed E-state index contributed by atoms with van der Waals surface area (Å²) >= 11 is 0. The van der Waals surface area contributed by atoms with Crippen molar-refractivity contribution in [3.8, 4) is 11.5 Å². The zero-order valence-electron chi connectivity index (χ0n) is 14.2. The van der Waals surface area contributed by atoms with Gasteiger partial charge in [-0.3, -0.25) is 9.69 Å². The van der Waals surface area contributed by atoms with E-state index in [0.717, 1.165) is 49.9 Å². The summed E-state index contributed by atoms with van der Waals surface area (Å²) in [5, 5.41) is 10.1. The topological polar surface area (TPSA) is 59.0 Å². The third-order valence-electron chi connectivity index (χ3n) is 5.96. The van der Waals surface area contributed by atoms with Crippen molar-refractivity contribution < 1.29 is 19.4 Å². The number of carbonyl (C=O) groups is 1. The van der Waals surface area contributed by atoms with Crippen molar-refractivity contribution >= 4 is 5.97 Å². The van der Waals surface area contributed by atoms with Crippen LogP contribution in [0.15, 0.2) is 23.8 Å². The predicted molar refractivity (Wildman–Crippen MR) is 88.9 cm³/mol. The summed E-state index contributed by atoms with van der Waals surface area (Å²) in [5.41, 5.74) is 2.98. The largest absolute Gasteiger partial charge is 0.504 e. The van der Waals surface area contributed by atoms with E-state index >= 15 is 0 Å². The van der Waals surface area contributed by atoms with E-state index in [2.05, 4.69) is 11.0 Å². The molecule has 0 saturated carbocycles. The monoisotopic (exact) mass is 329 g/mol. The standard InChI is InChI=1S/C19H23NO4/c1-23-16-8-12-9-17-19(18(22)24-2)6-4-3-5-14(19)11-20(17)10-13(12)7-15(16)21/h5,7-8,17,21H,3-4,6,9-11H2,1-2H3/t17-,19-/m0/s1. The molecule has 128 valence electrons. The van der Waals surface area contributed by atoms with Crippen LogP contribution in [-0.4, -0.2) is 42.8 Å². The third-order valence-corrected chi connectivity index (χ3v) is 5.96.